The second-order valence-electron chi connectivity index (χ2n) is 3.59. The topological polar surface area (TPSA) is 20.3 Å². The Kier molecular flexibility index (Phi) is 3.49. The van der Waals surface area contributed by atoms with Crippen molar-refractivity contribution in [1.82, 2.24) is 4.90 Å². The highest BCUT2D eigenvalue weighted by Gasteiger charge is 2.37. The van der Waals surface area contributed by atoms with Gasteiger partial charge < -0.3 is 0 Å². The summed E-state index contributed by atoms with van der Waals surface area (Å²) in [4.78, 5) is 12.0. The molecule has 0 aromatic rings. The molecule has 0 unspecified atom stereocenters. The molecule has 0 N–H and O–H groups in total. The summed E-state index contributed by atoms with van der Waals surface area (Å²) < 4.78 is 35.8. The van der Waals surface area contributed by atoms with Crippen LogP contribution in [0.2, 0.25) is 0 Å². The summed E-state index contributed by atoms with van der Waals surface area (Å²) >= 11 is 0. The molecule has 5 heteroatoms. The summed E-state index contributed by atoms with van der Waals surface area (Å²) in [5, 5.41) is 0. The molecule has 0 spiro atoms. The number of hydrogen-bond acceptors (Lipinski definition) is 2. The number of carbonyl (C=O) groups is 1. The van der Waals surface area contributed by atoms with E-state index in [2.05, 4.69) is 0 Å². The van der Waals surface area contributed by atoms with Gasteiger partial charge in [-0.05, 0) is 27.8 Å². The van der Waals surface area contributed by atoms with Gasteiger partial charge in [0.1, 0.15) is 5.78 Å². The fourth-order valence-corrected chi connectivity index (χ4v) is 0.735. The molecule has 13 heavy (non-hydrogen) atoms. The Morgan fingerprint density at radius 3 is 1.92 bits per heavy atom. The number of halogens is 3. The Morgan fingerprint density at radius 2 is 1.69 bits per heavy atom. The van der Waals surface area contributed by atoms with Crippen molar-refractivity contribution in [1.29, 1.82) is 0 Å². The third-order valence-corrected chi connectivity index (χ3v) is 2.23. The van der Waals surface area contributed by atoms with Crippen LogP contribution in [0, 0.1) is 0 Å². The van der Waals surface area contributed by atoms with Gasteiger partial charge in [-0.25, -0.2) is 0 Å². The maximum atomic E-state index is 11.9. The minimum Gasteiger partial charge on any atom is -0.298 e. The Hall–Kier alpha value is -0.580. The number of rotatable bonds is 3. The van der Waals surface area contributed by atoms with Crippen LogP contribution in [0.3, 0.4) is 0 Å². The van der Waals surface area contributed by atoms with Crippen LogP contribution in [-0.4, -0.2) is 36.0 Å². The summed E-state index contributed by atoms with van der Waals surface area (Å²) in [6, 6.07) is 0. The first kappa shape index (κ1) is 12.4. The smallest absolute Gasteiger partial charge is 0.298 e. The fourth-order valence-electron chi connectivity index (χ4n) is 0.735. The molecule has 0 saturated carbocycles. The Labute approximate surface area is 75.7 Å². The molecule has 0 aromatic heterocycles. The first-order valence-electron chi connectivity index (χ1n) is 3.86. The van der Waals surface area contributed by atoms with Crippen LogP contribution in [0.25, 0.3) is 0 Å². The molecular weight excluding hydrogens is 183 g/mol. The largest absolute Gasteiger partial charge is 0.401 e. The lowest BCUT2D eigenvalue weighted by atomic mass is 9.98. The third kappa shape index (κ3) is 3.76. The zero-order valence-corrected chi connectivity index (χ0v) is 8.20. The number of carbonyl (C=O) groups excluding carboxylic acids is 1. The van der Waals surface area contributed by atoms with Gasteiger partial charge in [-0.3, -0.25) is 9.69 Å². The van der Waals surface area contributed by atoms with Crippen LogP contribution in [0.15, 0.2) is 0 Å². The monoisotopic (exact) mass is 197 g/mol. The highest BCUT2D eigenvalue weighted by Crippen LogP contribution is 2.21. The minimum atomic E-state index is -4.26. The Morgan fingerprint density at radius 1 is 1.31 bits per heavy atom. The normalized spacial score (nSPS) is 13.5. The van der Waals surface area contributed by atoms with Gasteiger partial charge in [0.2, 0.25) is 0 Å². The van der Waals surface area contributed by atoms with Crippen molar-refractivity contribution < 1.29 is 18.0 Å². The van der Waals surface area contributed by atoms with Crippen LogP contribution in [0.5, 0.6) is 0 Å². The van der Waals surface area contributed by atoms with E-state index in [1.54, 1.807) is 0 Å². The van der Waals surface area contributed by atoms with Gasteiger partial charge in [-0.15, -0.1) is 0 Å². The molecule has 78 valence electrons. The van der Waals surface area contributed by atoms with Crippen LogP contribution in [0.4, 0.5) is 13.2 Å². The number of ketones is 1. The highest BCUT2D eigenvalue weighted by molar-refractivity contribution is 5.85. The average molecular weight is 197 g/mol. The molecule has 0 heterocycles. The molecule has 0 aliphatic carbocycles. The maximum Gasteiger partial charge on any atom is 0.401 e. The first-order valence-corrected chi connectivity index (χ1v) is 3.86. The summed E-state index contributed by atoms with van der Waals surface area (Å²) in [6.07, 6.45) is -4.26. The van der Waals surface area contributed by atoms with Crippen molar-refractivity contribution in [2.24, 2.45) is 0 Å². The van der Waals surface area contributed by atoms with Gasteiger partial charge in [0.25, 0.3) is 0 Å². The SMILES string of the molecule is CC(=O)C(C)(C)N(C)CC(F)(F)F. The average Bonchev–Trinajstić information content (AvgIpc) is 1.82. The summed E-state index contributed by atoms with van der Waals surface area (Å²) in [5.41, 5.74) is -1.06. The third-order valence-electron chi connectivity index (χ3n) is 2.23. The first-order chi connectivity index (χ1) is 5.57. The lowest BCUT2D eigenvalue weighted by Crippen LogP contribution is -2.50. The second kappa shape index (κ2) is 3.65. The minimum absolute atomic E-state index is 0.278. The van der Waals surface area contributed by atoms with E-state index in [0.29, 0.717) is 0 Å². The molecule has 0 amide bonds. The summed E-state index contributed by atoms with van der Waals surface area (Å²) in [7, 11) is 1.29. The van der Waals surface area contributed by atoms with E-state index in [4.69, 9.17) is 0 Å². The number of hydrogen-bond donors (Lipinski definition) is 0. The standard InChI is InChI=1S/C8H14F3NO/c1-6(13)7(2,3)12(4)5-8(9,10)11/h5H2,1-4H3. The molecule has 0 saturated heterocycles. The van der Waals surface area contributed by atoms with Crippen LogP contribution in [0.1, 0.15) is 20.8 Å². The lowest BCUT2D eigenvalue weighted by Gasteiger charge is -2.33. The van der Waals surface area contributed by atoms with Crippen molar-refractivity contribution in [3.8, 4) is 0 Å². The van der Waals surface area contributed by atoms with E-state index in [9.17, 15) is 18.0 Å². The van der Waals surface area contributed by atoms with Crippen LogP contribution < -0.4 is 0 Å². The molecule has 2 nitrogen and oxygen atoms in total. The van der Waals surface area contributed by atoms with E-state index in [1.165, 1.54) is 27.8 Å². The van der Waals surface area contributed by atoms with Crippen molar-refractivity contribution >= 4 is 5.78 Å². The predicted molar refractivity (Wildman–Crippen MR) is 43.4 cm³/mol. The number of nitrogens with zero attached hydrogens (tertiary/aromatic N) is 1. The van der Waals surface area contributed by atoms with E-state index in [0.717, 1.165) is 4.90 Å². The van der Waals surface area contributed by atoms with Crippen molar-refractivity contribution in [3.63, 3.8) is 0 Å². The van der Waals surface area contributed by atoms with E-state index >= 15 is 0 Å². The molecule has 0 radical (unpaired) electrons. The fraction of sp³-hybridized carbons (Fsp3) is 0.875. The lowest BCUT2D eigenvalue weighted by molar-refractivity contribution is -0.157. The van der Waals surface area contributed by atoms with Gasteiger partial charge >= 0.3 is 6.18 Å². The van der Waals surface area contributed by atoms with Crippen LogP contribution in [-0.2, 0) is 4.79 Å². The molecule has 0 aromatic carbocycles. The Bertz CT molecular complexity index is 198. The highest BCUT2D eigenvalue weighted by atomic mass is 19.4. The van der Waals surface area contributed by atoms with Crippen LogP contribution >= 0.6 is 0 Å². The number of Topliss-reactive ketones (excluding diaryl/α,β-unsaturated/α-hetero) is 1. The van der Waals surface area contributed by atoms with E-state index in [1.807, 2.05) is 0 Å². The Balaban J connectivity index is 4.43. The van der Waals surface area contributed by atoms with Gasteiger partial charge in [0.15, 0.2) is 0 Å². The van der Waals surface area contributed by atoms with Gasteiger partial charge in [-0.2, -0.15) is 13.2 Å². The summed E-state index contributed by atoms with van der Waals surface area (Å²) in [5.74, 6) is -0.278. The van der Waals surface area contributed by atoms with Crippen molar-refractivity contribution in [3.05, 3.63) is 0 Å². The van der Waals surface area contributed by atoms with Gasteiger partial charge in [-0.1, -0.05) is 0 Å². The zero-order chi connectivity index (χ0) is 10.9. The van der Waals surface area contributed by atoms with Crippen molar-refractivity contribution in [2.45, 2.75) is 32.5 Å². The van der Waals surface area contributed by atoms with E-state index in [-0.39, 0.29) is 5.78 Å². The molecular formula is C8H14F3NO. The van der Waals surface area contributed by atoms with Gasteiger partial charge in [0, 0.05) is 0 Å². The van der Waals surface area contributed by atoms with E-state index < -0.39 is 18.3 Å². The summed E-state index contributed by atoms with van der Waals surface area (Å²) in [6.45, 7) is 3.16. The van der Waals surface area contributed by atoms with Crippen molar-refractivity contribution in [2.75, 3.05) is 13.6 Å². The molecule has 0 aliphatic heterocycles. The molecule has 0 fully saturated rings. The molecule has 0 bridgehead atoms. The number of likely N-dealkylation sites (N-methyl/N-ethyl adjacent to an activating group) is 1. The molecule has 0 aliphatic rings. The number of alkyl halides is 3. The molecule has 0 rings (SSSR count). The van der Waals surface area contributed by atoms with Gasteiger partial charge in [0.05, 0.1) is 12.1 Å². The maximum absolute atomic E-state index is 11.9. The second-order valence-corrected chi connectivity index (χ2v) is 3.59. The quantitative estimate of drug-likeness (QED) is 0.688. The predicted octanol–water partition coefficient (Wildman–Crippen LogP) is 1.85. The zero-order valence-electron chi connectivity index (χ0n) is 8.20. The molecule has 0 atom stereocenters.